The van der Waals surface area contributed by atoms with Crippen molar-refractivity contribution in [3.05, 3.63) is 71.3 Å². The van der Waals surface area contributed by atoms with Crippen molar-refractivity contribution in [1.82, 2.24) is 4.98 Å². The summed E-state index contributed by atoms with van der Waals surface area (Å²) in [5.41, 5.74) is 11.5. The molecular formula is C22H26ClF2N5O2S. The second-order valence-electron chi connectivity index (χ2n) is 6.75. The van der Waals surface area contributed by atoms with Crippen LogP contribution in [0.15, 0.2) is 54.2 Å². The average molecular weight is 498 g/mol. The van der Waals surface area contributed by atoms with Crippen LogP contribution in [0.3, 0.4) is 0 Å². The van der Waals surface area contributed by atoms with Crippen molar-refractivity contribution in [3.63, 3.8) is 0 Å². The van der Waals surface area contributed by atoms with Crippen molar-refractivity contribution in [2.75, 3.05) is 12.5 Å². The first-order valence-electron chi connectivity index (χ1n) is 9.64. The molecule has 11 heteroatoms. The van der Waals surface area contributed by atoms with Gasteiger partial charge in [-0.3, -0.25) is 19.0 Å². The first-order valence-corrected chi connectivity index (χ1v) is 10.9. The summed E-state index contributed by atoms with van der Waals surface area (Å²) in [6.07, 6.45) is 2.45. The van der Waals surface area contributed by atoms with E-state index in [1.807, 2.05) is 13.8 Å². The largest absolute Gasteiger partial charge is 0.379 e. The van der Waals surface area contributed by atoms with Crippen molar-refractivity contribution in [2.24, 2.45) is 22.4 Å². The first-order chi connectivity index (χ1) is 15.6. The Bertz CT molecular complexity index is 1000. The number of pyridine rings is 1. The normalized spacial score (nSPS) is 19.0. The highest BCUT2D eigenvalue weighted by Crippen LogP contribution is 2.39. The van der Waals surface area contributed by atoms with Gasteiger partial charge in [-0.05, 0) is 42.3 Å². The summed E-state index contributed by atoms with van der Waals surface area (Å²) in [5.74, 6) is -1.15. The van der Waals surface area contributed by atoms with E-state index < -0.39 is 17.9 Å². The number of amidine groups is 1. The van der Waals surface area contributed by atoms with Crippen molar-refractivity contribution >= 4 is 46.0 Å². The van der Waals surface area contributed by atoms with Gasteiger partial charge in [0.15, 0.2) is 5.17 Å². The molecule has 1 aromatic heterocycles. The number of aliphatic imine (C=N–C) groups is 1. The van der Waals surface area contributed by atoms with Gasteiger partial charge in [-0.25, -0.2) is 9.37 Å². The van der Waals surface area contributed by atoms with E-state index in [2.05, 4.69) is 27.6 Å². The fourth-order valence-electron chi connectivity index (χ4n) is 2.75. The quantitative estimate of drug-likeness (QED) is 0.536. The number of nitrogens with one attached hydrogen (secondary N) is 1. The summed E-state index contributed by atoms with van der Waals surface area (Å²) < 4.78 is 23.9. The number of anilines is 1. The first kappa shape index (κ1) is 28.1. The second-order valence-corrected chi connectivity index (χ2v) is 8.59. The number of nitrogens with zero attached hydrogens (tertiary/aromatic N) is 2. The van der Waals surface area contributed by atoms with Gasteiger partial charge >= 0.3 is 0 Å². The minimum Gasteiger partial charge on any atom is -0.379 e. The molecule has 1 aromatic carbocycles. The number of alkyl halides is 1. The van der Waals surface area contributed by atoms with E-state index in [0.717, 1.165) is 6.08 Å². The number of carbonyl (C=O) groups excluding carboxylic acids is 2. The fourth-order valence-corrected chi connectivity index (χ4v) is 3.78. The van der Waals surface area contributed by atoms with Crippen LogP contribution in [0.5, 0.6) is 0 Å². The molecular weight excluding hydrogens is 472 g/mol. The molecule has 0 saturated heterocycles. The molecule has 0 saturated carbocycles. The molecule has 0 spiro atoms. The predicted octanol–water partition coefficient (Wildman–Crippen LogP) is 4.50. The smallest absolute Gasteiger partial charge is 0.274 e. The third kappa shape index (κ3) is 8.47. The molecule has 1 aliphatic rings. The lowest BCUT2D eigenvalue weighted by Crippen LogP contribution is -2.29. The third-order valence-corrected chi connectivity index (χ3v) is 5.92. The number of hydrogen-bond donors (Lipinski definition) is 3. The molecule has 0 bridgehead atoms. The van der Waals surface area contributed by atoms with Gasteiger partial charge in [0.25, 0.3) is 5.91 Å². The molecule has 7 nitrogen and oxygen atoms in total. The predicted molar refractivity (Wildman–Crippen MR) is 131 cm³/mol. The lowest BCUT2D eigenvalue weighted by molar-refractivity contribution is -0.113. The highest BCUT2D eigenvalue weighted by atomic mass is 35.5. The van der Waals surface area contributed by atoms with Gasteiger partial charge in [-0.15, -0.1) is 0 Å². The highest BCUT2D eigenvalue weighted by Gasteiger charge is 2.31. The fraction of sp³-hybridized carbons (Fsp3) is 0.273. The summed E-state index contributed by atoms with van der Waals surface area (Å²) in [6.45, 7) is 7.14. The summed E-state index contributed by atoms with van der Waals surface area (Å²) in [6, 6.07) is 7.15. The number of primary amides is 1. The molecule has 2 amide bonds. The van der Waals surface area contributed by atoms with E-state index in [9.17, 15) is 18.4 Å². The van der Waals surface area contributed by atoms with Crippen molar-refractivity contribution in [1.29, 1.82) is 0 Å². The number of thioether (sulfide) groups is 1. The minimum atomic E-state index is -0.481. The number of aromatic nitrogens is 1. The Kier molecular flexibility index (Phi) is 11.5. The van der Waals surface area contributed by atoms with Crippen molar-refractivity contribution in [2.45, 2.75) is 25.1 Å². The Morgan fingerprint density at radius 2 is 1.88 bits per heavy atom. The molecule has 5 N–H and O–H groups in total. The summed E-state index contributed by atoms with van der Waals surface area (Å²) in [5, 5.41) is 3.83. The second kappa shape index (κ2) is 13.5. The lowest BCUT2D eigenvalue weighted by atomic mass is 9.91. The van der Waals surface area contributed by atoms with Gasteiger partial charge in [0, 0.05) is 22.7 Å². The number of amides is 2. The Morgan fingerprint density at radius 3 is 2.42 bits per heavy atom. The van der Waals surface area contributed by atoms with Crippen LogP contribution >= 0.6 is 23.4 Å². The number of hydrogen-bond acceptors (Lipinski definition) is 6. The Balaban J connectivity index is 0.000000689. The van der Waals surface area contributed by atoms with Gasteiger partial charge < -0.3 is 16.8 Å². The summed E-state index contributed by atoms with van der Waals surface area (Å²) in [7, 11) is 0.500. The van der Waals surface area contributed by atoms with E-state index in [0.29, 0.717) is 28.6 Å². The summed E-state index contributed by atoms with van der Waals surface area (Å²) in [4.78, 5) is 30.2. The monoisotopic (exact) mass is 497 g/mol. The highest BCUT2D eigenvalue weighted by molar-refractivity contribution is 8.14. The molecule has 2 heterocycles. The lowest BCUT2D eigenvalue weighted by Gasteiger charge is -2.31. The maximum atomic E-state index is 14.4. The summed E-state index contributed by atoms with van der Waals surface area (Å²) >= 11 is 7.26. The van der Waals surface area contributed by atoms with E-state index in [1.165, 1.54) is 36.2 Å². The van der Waals surface area contributed by atoms with Crippen LogP contribution in [0.2, 0.25) is 5.02 Å². The van der Waals surface area contributed by atoms with Gasteiger partial charge in [0.2, 0.25) is 5.91 Å². The van der Waals surface area contributed by atoms with Crippen LogP contribution in [-0.2, 0) is 4.79 Å². The Labute approximate surface area is 200 Å². The number of halogens is 3. The zero-order chi connectivity index (χ0) is 25.1. The van der Waals surface area contributed by atoms with Gasteiger partial charge in [-0.2, -0.15) is 0 Å². The van der Waals surface area contributed by atoms with Crippen molar-refractivity contribution < 1.29 is 18.4 Å². The molecule has 3 rings (SSSR count). The molecule has 1 aliphatic heterocycles. The molecule has 0 aliphatic carbocycles. The maximum absolute atomic E-state index is 14.4. The average Bonchev–Trinajstić information content (AvgIpc) is 2.79. The molecule has 2 unspecified atom stereocenters. The Hall–Kier alpha value is -2.98. The number of carbonyl (C=O) groups is 2. The van der Waals surface area contributed by atoms with Crippen LogP contribution in [0.4, 0.5) is 14.5 Å². The molecule has 3 atom stereocenters. The van der Waals surface area contributed by atoms with E-state index in [-0.39, 0.29) is 22.7 Å². The number of nitrogens with two attached hydrogens (primary N) is 2. The van der Waals surface area contributed by atoms with Crippen LogP contribution < -0.4 is 16.8 Å². The van der Waals surface area contributed by atoms with Crippen LogP contribution in [0.1, 0.15) is 35.9 Å². The molecule has 0 radical (unpaired) electrons. The standard InChI is InChI=1S/C18H18ClFN4OS.C3H5NO.CH3F/c1-9-10(2)26-18(21)24-16(9)13-7-12(4-5-14(13)20)23-17(25)15-6-3-11(19)8-22-15;1-2-3(4)5;1-2/h3-10,16H,1-2H3,(H2,21,24)(H,23,25);2H,1H2,(H2,4,5);1H3/t9-,10?,16?;;/m1../s1. The van der Waals surface area contributed by atoms with E-state index >= 15 is 0 Å². The topological polar surface area (TPSA) is 123 Å². The number of rotatable bonds is 4. The van der Waals surface area contributed by atoms with Gasteiger partial charge in [0.05, 0.1) is 18.2 Å². The SMILES string of the molecule is C=CC(N)=O.CC1SC(N)=NC(c2cc(NC(=O)c3ccc(Cl)cn3)ccc2F)[C@@H]1C.CF. The zero-order valence-corrected chi connectivity index (χ0v) is 20.0. The van der Waals surface area contributed by atoms with Crippen LogP contribution in [0.25, 0.3) is 0 Å². The number of benzene rings is 1. The molecule has 0 fully saturated rings. The molecule has 2 aromatic rings. The van der Waals surface area contributed by atoms with E-state index in [1.54, 1.807) is 12.1 Å². The molecule has 33 heavy (non-hydrogen) atoms. The van der Waals surface area contributed by atoms with Gasteiger partial charge in [0.1, 0.15) is 11.5 Å². The third-order valence-electron chi connectivity index (χ3n) is 4.55. The van der Waals surface area contributed by atoms with Crippen LogP contribution in [-0.4, -0.2) is 34.4 Å². The Morgan fingerprint density at radius 1 is 1.24 bits per heavy atom. The molecule has 178 valence electrons. The van der Waals surface area contributed by atoms with Crippen LogP contribution in [0, 0.1) is 11.7 Å². The van der Waals surface area contributed by atoms with E-state index in [4.69, 9.17) is 17.3 Å². The van der Waals surface area contributed by atoms with Gasteiger partial charge in [-0.1, -0.05) is 43.8 Å². The minimum absolute atomic E-state index is 0.102. The maximum Gasteiger partial charge on any atom is 0.274 e. The van der Waals surface area contributed by atoms with Crippen molar-refractivity contribution in [3.8, 4) is 0 Å². The zero-order valence-electron chi connectivity index (χ0n) is 18.4.